The number of allylic oxidation sites excluding steroid dienone is 4. The van der Waals surface area contributed by atoms with Crippen molar-refractivity contribution in [1.82, 2.24) is 0 Å². The van der Waals surface area contributed by atoms with E-state index in [1.54, 1.807) is 13.0 Å². The first-order valence-corrected chi connectivity index (χ1v) is 9.73. The lowest BCUT2D eigenvalue weighted by atomic mass is 9.46. The molecule has 0 amide bonds. The Morgan fingerprint density at radius 1 is 1.29 bits per heavy atom. The number of ketones is 2. The second-order valence-electron chi connectivity index (χ2n) is 9.34. The highest BCUT2D eigenvalue weighted by Crippen LogP contribution is 2.67. The first-order valence-electron chi connectivity index (χ1n) is 9.73. The lowest BCUT2D eigenvalue weighted by molar-refractivity contribution is -0.185. The quantitative estimate of drug-likeness (QED) is 0.616. The van der Waals surface area contributed by atoms with Gasteiger partial charge in [-0.05, 0) is 55.2 Å². The van der Waals surface area contributed by atoms with Crippen LogP contribution in [0.3, 0.4) is 0 Å². The number of hydrogen-bond acceptors (Lipinski definition) is 5. The number of hydrogen-bond donors (Lipinski definition) is 3. The third-order valence-corrected chi connectivity index (χ3v) is 8.20. The van der Waals surface area contributed by atoms with Gasteiger partial charge in [-0.3, -0.25) is 9.59 Å². The summed E-state index contributed by atoms with van der Waals surface area (Å²) in [5.74, 6) is -4.22. The summed E-state index contributed by atoms with van der Waals surface area (Å²) < 4.78 is 15.1. The van der Waals surface area contributed by atoms with Crippen LogP contribution >= 0.6 is 0 Å². The van der Waals surface area contributed by atoms with Crippen molar-refractivity contribution >= 4 is 17.5 Å². The predicted molar refractivity (Wildman–Crippen MR) is 95.9 cm³/mol. The molecule has 0 aliphatic heterocycles. The molecule has 0 spiro atoms. The van der Waals surface area contributed by atoms with Crippen molar-refractivity contribution in [2.75, 3.05) is 0 Å². The topological polar surface area (TPSA) is 112 Å². The second kappa shape index (κ2) is 5.83. The number of Topliss-reactive ketones (excluding diaryl/α,β-unsaturated/α-hetero) is 1. The smallest absolute Gasteiger partial charge is 0.375 e. The molecule has 6 nitrogen and oxygen atoms in total. The number of halogens is 1. The zero-order chi connectivity index (χ0) is 20.6. The van der Waals surface area contributed by atoms with Crippen LogP contribution in [0.1, 0.15) is 39.5 Å². The number of carbonyl (C=O) groups is 3. The molecule has 28 heavy (non-hydrogen) atoms. The molecular formula is C21H25FO6. The Labute approximate surface area is 162 Å². The Morgan fingerprint density at radius 3 is 2.61 bits per heavy atom. The zero-order valence-electron chi connectivity index (χ0n) is 15.9. The van der Waals surface area contributed by atoms with Gasteiger partial charge in [0.2, 0.25) is 0 Å². The molecular weight excluding hydrogens is 367 g/mol. The third-order valence-electron chi connectivity index (χ3n) is 8.20. The molecule has 4 aliphatic rings. The fourth-order valence-electron chi connectivity index (χ4n) is 6.89. The minimum atomic E-state index is -2.07. The van der Waals surface area contributed by atoms with Crippen molar-refractivity contribution in [2.45, 2.75) is 57.4 Å². The van der Waals surface area contributed by atoms with E-state index in [0.717, 1.165) is 0 Å². The summed E-state index contributed by atoms with van der Waals surface area (Å²) in [6.45, 7) is 3.47. The number of alkyl halides is 1. The Bertz CT molecular complexity index is 833. The van der Waals surface area contributed by atoms with E-state index in [1.165, 1.54) is 12.2 Å². The number of aliphatic carboxylic acids is 1. The van der Waals surface area contributed by atoms with Gasteiger partial charge in [0.25, 0.3) is 5.78 Å². The highest BCUT2D eigenvalue weighted by atomic mass is 19.1. The number of aliphatic hydroxyl groups is 2. The molecule has 0 unspecified atom stereocenters. The Hall–Kier alpha value is -1.86. The number of aliphatic hydroxyl groups excluding tert-OH is 1. The molecule has 7 heteroatoms. The lowest BCUT2D eigenvalue weighted by Gasteiger charge is -2.59. The number of fused-ring (bicyclic) bond motifs is 5. The first-order chi connectivity index (χ1) is 13.0. The van der Waals surface area contributed by atoms with Gasteiger partial charge in [-0.1, -0.05) is 19.9 Å². The van der Waals surface area contributed by atoms with E-state index in [2.05, 4.69) is 0 Å². The highest BCUT2D eigenvalue weighted by Gasteiger charge is 2.69. The second-order valence-corrected chi connectivity index (χ2v) is 9.34. The SMILES string of the molecule is C[C@]12C=CC(=O)C=C1[C@@H](F)C[C@@H]1[C@@H]2[C@@H](O)C[C@@]2(C)[C@H]1CC[C@]2(O)C(=O)C(=O)O. The summed E-state index contributed by atoms with van der Waals surface area (Å²) in [5, 5.41) is 31.4. The molecule has 4 rings (SSSR count). The van der Waals surface area contributed by atoms with Crippen molar-refractivity contribution in [3.63, 3.8) is 0 Å². The lowest BCUT2D eigenvalue weighted by Crippen LogP contribution is -2.63. The molecule has 0 radical (unpaired) electrons. The maximum atomic E-state index is 15.1. The van der Waals surface area contributed by atoms with Gasteiger partial charge < -0.3 is 15.3 Å². The zero-order valence-corrected chi connectivity index (χ0v) is 15.9. The minimum absolute atomic E-state index is 0.0140. The summed E-state index contributed by atoms with van der Waals surface area (Å²) in [7, 11) is 0. The van der Waals surface area contributed by atoms with Crippen LogP contribution in [0.5, 0.6) is 0 Å². The van der Waals surface area contributed by atoms with Gasteiger partial charge >= 0.3 is 5.97 Å². The summed E-state index contributed by atoms with van der Waals surface area (Å²) >= 11 is 0. The van der Waals surface area contributed by atoms with Crippen LogP contribution in [-0.2, 0) is 14.4 Å². The van der Waals surface area contributed by atoms with E-state index in [9.17, 15) is 29.7 Å². The van der Waals surface area contributed by atoms with E-state index in [-0.39, 0.29) is 42.8 Å². The predicted octanol–water partition coefficient (Wildman–Crippen LogP) is 1.60. The molecule has 4 aliphatic carbocycles. The van der Waals surface area contributed by atoms with E-state index in [0.29, 0.717) is 12.0 Å². The van der Waals surface area contributed by atoms with E-state index < -0.39 is 40.5 Å². The van der Waals surface area contributed by atoms with Gasteiger partial charge in [0.05, 0.1) is 6.10 Å². The maximum absolute atomic E-state index is 15.1. The molecule has 8 atom stereocenters. The monoisotopic (exact) mass is 392 g/mol. The van der Waals surface area contributed by atoms with Gasteiger partial charge in [-0.25, -0.2) is 9.18 Å². The molecule has 0 heterocycles. The fraction of sp³-hybridized carbons (Fsp3) is 0.667. The standard InChI is InChI=1S/C21H25FO6/c1-19-5-3-10(23)7-13(19)14(22)8-11-12-4-6-21(28,17(25)18(26)27)20(12,2)9-15(24)16(11)19/h3,5,7,11-12,14-16,24,28H,4,6,8-9H2,1-2H3,(H,26,27)/t11-,12-,14-,15-,16+,19-,20-,21-/m0/s1. The van der Waals surface area contributed by atoms with E-state index >= 15 is 4.39 Å². The van der Waals surface area contributed by atoms with Crippen molar-refractivity contribution in [3.8, 4) is 0 Å². The van der Waals surface area contributed by atoms with Gasteiger partial charge in [-0.2, -0.15) is 0 Å². The number of carboxylic acids is 1. The van der Waals surface area contributed by atoms with Gasteiger partial charge in [0, 0.05) is 16.7 Å². The molecule has 0 aromatic heterocycles. The Kier molecular flexibility index (Phi) is 4.05. The number of carboxylic acid groups (broad SMARTS) is 1. The van der Waals surface area contributed by atoms with E-state index in [4.69, 9.17) is 0 Å². The highest BCUT2D eigenvalue weighted by molar-refractivity contribution is 6.36. The first kappa shape index (κ1) is 19.5. The Morgan fingerprint density at radius 2 is 1.96 bits per heavy atom. The molecule has 0 aromatic carbocycles. The van der Waals surface area contributed by atoms with Crippen LogP contribution < -0.4 is 0 Å². The van der Waals surface area contributed by atoms with Gasteiger partial charge in [0.15, 0.2) is 5.78 Å². The fourth-order valence-corrected chi connectivity index (χ4v) is 6.89. The van der Waals surface area contributed by atoms with Crippen LogP contribution in [0.15, 0.2) is 23.8 Å². The van der Waals surface area contributed by atoms with Crippen molar-refractivity contribution in [3.05, 3.63) is 23.8 Å². The van der Waals surface area contributed by atoms with Crippen LogP contribution in [0.25, 0.3) is 0 Å². The van der Waals surface area contributed by atoms with Gasteiger partial charge in [-0.15, -0.1) is 0 Å². The average Bonchev–Trinajstić information content (AvgIpc) is 2.87. The summed E-state index contributed by atoms with van der Waals surface area (Å²) in [4.78, 5) is 35.4. The molecule has 3 fully saturated rings. The largest absolute Gasteiger partial charge is 0.475 e. The van der Waals surface area contributed by atoms with Crippen molar-refractivity contribution in [2.24, 2.45) is 28.6 Å². The third kappa shape index (κ3) is 2.23. The minimum Gasteiger partial charge on any atom is -0.475 e. The molecule has 152 valence electrons. The van der Waals surface area contributed by atoms with Crippen LogP contribution in [-0.4, -0.2) is 50.7 Å². The molecule has 3 saturated carbocycles. The van der Waals surface area contributed by atoms with E-state index in [1.807, 2.05) is 6.92 Å². The normalized spacial score (nSPS) is 49.7. The molecule has 0 aromatic rings. The number of rotatable bonds is 2. The summed E-state index contributed by atoms with van der Waals surface area (Å²) in [6.07, 6.45) is 2.58. The van der Waals surface area contributed by atoms with Crippen LogP contribution in [0.2, 0.25) is 0 Å². The average molecular weight is 392 g/mol. The van der Waals surface area contributed by atoms with Crippen molar-refractivity contribution in [1.29, 1.82) is 0 Å². The maximum Gasteiger partial charge on any atom is 0.375 e. The molecule has 0 bridgehead atoms. The molecule has 0 saturated heterocycles. The van der Waals surface area contributed by atoms with Gasteiger partial charge in [0.1, 0.15) is 11.8 Å². The van der Waals surface area contributed by atoms with Crippen molar-refractivity contribution < 1.29 is 34.1 Å². The number of carbonyl (C=O) groups excluding carboxylic acids is 2. The summed E-state index contributed by atoms with van der Waals surface area (Å²) in [5.41, 5.74) is -3.67. The van der Waals surface area contributed by atoms with Crippen LogP contribution in [0.4, 0.5) is 4.39 Å². The molecule has 3 N–H and O–H groups in total. The van der Waals surface area contributed by atoms with Crippen LogP contribution in [0, 0.1) is 28.6 Å². The Balaban J connectivity index is 1.78. The summed E-state index contributed by atoms with van der Waals surface area (Å²) in [6, 6.07) is 0.